The van der Waals surface area contributed by atoms with Crippen LogP contribution in [0.3, 0.4) is 0 Å². The van der Waals surface area contributed by atoms with E-state index in [4.69, 9.17) is 10.5 Å². The van der Waals surface area contributed by atoms with E-state index in [0.717, 1.165) is 0 Å². The highest BCUT2D eigenvalue weighted by Gasteiger charge is 2.15. The van der Waals surface area contributed by atoms with Crippen LogP contribution in [0.25, 0.3) is 0 Å². The molecule has 0 aromatic carbocycles. The summed E-state index contributed by atoms with van der Waals surface area (Å²) in [5.74, 6) is -0.396. The molecule has 0 fully saturated rings. The second kappa shape index (κ2) is 5.20. The average molecular weight is 147 g/mol. The molecule has 4 nitrogen and oxygen atoms in total. The zero-order chi connectivity index (χ0) is 7.98. The molecular weight excluding hydrogens is 134 g/mol. The van der Waals surface area contributed by atoms with E-state index in [0.29, 0.717) is 6.61 Å². The Morgan fingerprint density at radius 1 is 1.70 bits per heavy atom. The van der Waals surface area contributed by atoms with Gasteiger partial charge in [-0.05, 0) is 6.92 Å². The lowest BCUT2D eigenvalue weighted by Crippen LogP contribution is -2.32. The number of carbonyl (C=O) groups excluding carboxylic acids is 1. The number of ether oxygens (including phenoxy) is 2. The normalized spacial score (nSPS) is 12.7. The second-order valence-corrected chi connectivity index (χ2v) is 1.71. The summed E-state index contributed by atoms with van der Waals surface area (Å²) < 4.78 is 9.36. The first-order valence-corrected chi connectivity index (χ1v) is 3.15. The molecule has 0 saturated carbocycles. The molecule has 10 heavy (non-hydrogen) atoms. The maximum Gasteiger partial charge on any atom is 0.336 e. The van der Waals surface area contributed by atoms with E-state index in [1.54, 1.807) is 6.92 Å². The van der Waals surface area contributed by atoms with E-state index >= 15 is 0 Å². The lowest BCUT2D eigenvalue weighted by Gasteiger charge is -2.10. The van der Waals surface area contributed by atoms with Crippen molar-refractivity contribution in [2.24, 2.45) is 5.73 Å². The summed E-state index contributed by atoms with van der Waals surface area (Å²) in [6, 6.07) is 0. The van der Waals surface area contributed by atoms with Crippen molar-refractivity contribution in [1.82, 2.24) is 0 Å². The SMILES string of the molecule is CCOC(=O)C(CN)OC. The third-order valence-corrected chi connectivity index (χ3v) is 1.05. The highest BCUT2D eigenvalue weighted by atomic mass is 16.6. The molecule has 0 heterocycles. The van der Waals surface area contributed by atoms with Gasteiger partial charge in [-0.15, -0.1) is 0 Å². The van der Waals surface area contributed by atoms with Crippen LogP contribution >= 0.6 is 0 Å². The molecule has 0 aliphatic carbocycles. The Labute approximate surface area is 60.3 Å². The van der Waals surface area contributed by atoms with Gasteiger partial charge in [0, 0.05) is 13.7 Å². The van der Waals surface area contributed by atoms with Crippen molar-refractivity contribution in [3.8, 4) is 0 Å². The molecule has 0 aromatic heterocycles. The van der Waals surface area contributed by atoms with Gasteiger partial charge >= 0.3 is 5.97 Å². The van der Waals surface area contributed by atoms with E-state index < -0.39 is 12.1 Å². The largest absolute Gasteiger partial charge is 0.464 e. The Bertz CT molecular complexity index is 101. The smallest absolute Gasteiger partial charge is 0.336 e. The minimum atomic E-state index is -0.611. The number of rotatable bonds is 4. The van der Waals surface area contributed by atoms with Gasteiger partial charge in [-0.2, -0.15) is 0 Å². The molecule has 1 atom stereocenters. The van der Waals surface area contributed by atoms with Crippen LogP contribution < -0.4 is 5.73 Å². The predicted octanol–water partition coefficient (Wildman–Crippen LogP) is -0.477. The summed E-state index contributed by atoms with van der Waals surface area (Å²) in [6.45, 7) is 2.26. The summed E-state index contributed by atoms with van der Waals surface area (Å²) in [7, 11) is 1.43. The fraction of sp³-hybridized carbons (Fsp3) is 0.833. The van der Waals surface area contributed by atoms with Crippen LogP contribution in [0.4, 0.5) is 0 Å². The topological polar surface area (TPSA) is 61.5 Å². The number of hydrogen-bond donors (Lipinski definition) is 1. The fourth-order valence-electron chi connectivity index (χ4n) is 0.524. The number of nitrogens with two attached hydrogens (primary N) is 1. The van der Waals surface area contributed by atoms with Gasteiger partial charge in [0.15, 0.2) is 6.10 Å². The molecule has 1 unspecified atom stereocenters. The average Bonchev–Trinajstić information content (AvgIpc) is 1.91. The Morgan fingerprint density at radius 2 is 2.30 bits per heavy atom. The van der Waals surface area contributed by atoms with Crippen LogP contribution in [0.5, 0.6) is 0 Å². The van der Waals surface area contributed by atoms with E-state index in [1.807, 2.05) is 0 Å². The van der Waals surface area contributed by atoms with E-state index in [9.17, 15) is 4.79 Å². The molecular formula is C6H13NO3. The molecule has 0 spiro atoms. The molecule has 0 saturated heterocycles. The van der Waals surface area contributed by atoms with Crippen LogP contribution in [-0.2, 0) is 14.3 Å². The molecule has 0 radical (unpaired) electrons. The summed E-state index contributed by atoms with van der Waals surface area (Å²) >= 11 is 0. The Hall–Kier alpha value is -0.610. The van der Waals surface area contributed by atoms with Gasteiger partial charge < -0.3 is 15.2 Å². The fourth-order valence-corrected chi connectivity index (χ4v) is 0.524. The molecule has 0 aliphatic heterocycles. The predicted molar refractivity (Wildman–Crippen MR) is 36.5 cm³/mol. The molecule has 0 aromatic rings. The highest BCUT2D eigenvalue weighted by molar-refractivity contribution is 5.74. The first kappa shape index (κ1) is 9.39. The van der Waals surface area contributed by atoms with Gasteiger partial charge in [0.05, 0.1) is 6.61 Å². The second-order valence-electron chi connectivity index (χ2n) is 1.71. The van der Waals surface area contributed by atoms with Crippen molar-refractivity contribution in [2.75, 3.05) is 20.3 Å². The van der Waals surface area contributed by atoms with Gasteiger partial charge in [0.25, 0.3) is 0 Å². The highest BCUT2D eigenvalue weighted by Crippen LogP contribution is 1.90. The van der Waals surface area contributed by atoms with Crippen molar-refractivity contribution in [2.45, 2.75) is 13.0 Å². The van der Waals surface area contributed by atoms with Crippen molar-refractivity contribution in [1.29, 1.82) is 0 Å². The van der Waals surface area contributed by atoms with Gasteiger partial charge in [-0.3, -0.25) is 0 Å². The molecule has 60 valence electrons. The summed E-state index contributed by atoms with van der Waals surface area (Å²) in [4.78, 5) is 10.8. The molecule has 0 aliphatic rings. The van der Waals surface area contributed by atoms with Gasteiger partial charge in [-0.1, -0.05) is 0 Å². The van der Waals surface area contributed by atoms with Crippen molar-refractivity contribution >= 4 is 5.97 Å². The number of carbonyl (C=O) groups is 1. The number of methoxy groups -OCH3 is 1. The first-order valence-electron chi connectivity index (χ1n) is 3.15. The van der Waals surface area contributed by atoms with Gasteiger partial charge in [0.2, 0.25) is 0 Å². The van der Waals surface area contributed by atoms with Gasteiger partial charge in [0.1, 0.15) is 0 Å². The van der Waals surface area contributed by atoms with Crippen molar-refractivity contribution < 1.29 is 14.3 Å². The Kier molecular flexibility index (Phi) is 4.88. The molecule has 0 amide bonds. The molecule has 4 heteroatoms. The van der Waals surface area contributed by atoms with E-state index in [1.165, 1.54) is 7.11 Å². The summed E-state index contributed by atoms with van der Waals surface area (Å²) in [5.41, 5.74) is 5.19. The summed E-state index contributed by atoms with van der Waals surface area (Å²) in [5, 5.41) is 0. The molecule has 2 N–H and O–H groups in total. The molecule has 0 bridgehead atoms. The van der Waals surface area contributed by atoms with Crippen LogP contribution in [0, 0.1) is 0 Å². The lowest BCUT2D eigenvalue weighted by molar-refractivity contribution is -0.154. The van der Waals surface area contributed by atoms with E-state index in [2.05, 4.69) is 4.74 Å². The van der Waals surface area contributed by atoms with E-state index in [-0.39, 0.29) is 6.54 Å². The monoisotopic (exact) mass is 147 g/mol. The lowest BCUT2D eigenvalue weighted by atomic mass is 10.4. The van der Waals surface area contributed by atoms with Crippen LogP contribution in [0.1, 0.15) is 6.92 Å². The Morgan fingerprint density at radius 3 is 2.60 bits per heavy atom. The maximum atomic E-state index is 10.8. The minimum Gasteiger partial charge on any atom is -0.464 e. The standard InChI is InChI=1S/C6H13NO3/c1-3-10-6(8)5(4-7)9-2/h5H,3-4,7H2,1-2H3. The zero-order valence-corrected chi connectivity index (χ0v) is 6.29. The number of hydrogen-bond acceptors (Lipinski definition) is 4. The van der Waals surface area contributed by atoms with Crippen LogP contribution in [0.2, 0.25) is 0 Å². The Balaban J connectivity index is 3.65. The quantitative estimate of drug-likeness (QED) is 0.546. The van der Waals surface area contributed by atoms with Crippen molar-refractivity contribution in [3.63, 3.8) is 0 Å². The maximum absolute atomic E-state index is 10.8. The first-order chi connectivity index (χ1) is 4.76. The third-order valence-electron chi connectivity index (χ3n) is 1.05. The third kappa shape index (κ3) is 2.80. The van der Waals surface area contributed by atoms with Crippen LogP contribution in [-0.4, -0.2) is 32.3 Å². The minimum absolute atomic E-state index is 0.162. The van der Waals surface area contributed by atoms with Crippen molar-refractivity contribution in [3.05, 3.63) is 0 Å². The van der Waals surface area contributed by atoms with Crippen LogP contribution in [0.15, 0.2) is 0 Å². The number of esters is 1. The zero-order valence-electron chi connectivity index (χ0n) is 6.29. The van der Waals surface area contributed by atoms with Gasteiger partial charge in [-0.25, -0.2) is 4.79 Å². The molecule has 0 rings (SSSR count). The summed E-state index contributed by atoms with van der Waals surface area (Å²) in [6.07, 6.45) is -0.611.